The number of amides is 1. The number of benzene rings is 3. The zero-order chi connectivity index (χ0) is 19.3. The Morgan fingerprint density at radius 2 is 1.75 bits per heavy atom. The largest absolute Gasteiger partial charge is 0.451 e. The molecule has 1 aliphatic rings. The highest BCUT2D eigenvalue weighted by Gasteiger charge is 2.19. The summed E-state index contributed by atoms with van der Waals surface area (Å²) in [5.74, 6) is 0.450. The highest BCUT2D eigenvalue weighted by molar-refractivity contribution is 6.36. The van der Waals surface area contributed by atoms with E-state index in [1.54, 1.807) is 30.3 Å². The average Bonchev–Trinajstić information content (AvgIpc) is 3.32. The van der Waals surface area contributed by atoms with E-state index in [0.717, 1.165) is 23.9 Å². The van der Waals surface area contributed by atoms with E-state index in [4.69, 9.17) is 27.6 Å². The molecule has 1 aliphatic carbocycles. The van der Waals surface area contributed by atoms with Gasteiger partial charge in [-0.05, 0) is 65.8 Å². The fourth-order valence-corrected chi connectivity index (χ4v) is 4.34. The van der Waals surface area contributed by atoms with E-state index in [1.165, 1.54) is 16.5 Å². The number of rotatable bonds is 3. The molecule has 1 amide bonds. The van der Waals surface area contributed by atoms with Crippen molar-refractivity contribution in [3.63, 3.8) is 0 Å². The van der Waals surface area contributed by atoms with Gasteiger partial charge in [0.05, 0.1) is 5.02 Å². The van der Waals surface area contributed by atoms with Gasteiger partial charge in [0, 0.05) is 21.7 Å². The average molecular weight is 408 g/mol. The molecule has 0 bridgehead atoms. The molecule has 28 heavy (non-hydrogen) atoms. The monoisotopic (exact) mass is 407 g/mol. The van der Waals surface area contributed by atoms with E-state index in [9.17, 15) is 4.79 Å². The van der Waals surface area contributed by atoms with Gasteiger partial charge >= 0.3 is 0 Å². The highest BCUT2D eigenvalue weighted by Crippen LogP contribution is 2.36. The molecule has 0 saturated heterocycles. The number of carbonyl (C=O) groups is 1. The molecule has 1 heterocycles. The van der Waals surface area contributed by atoms with Gasteiger partial charge in [-0.25, -0.2) is 0 Å². The van der Waals surface area contributed by atoms with Gasteiger partial charge in [0.2, 0.25) is 0 Å². The normalized spacial score (nSPS) is 12.5. The van der Waals surface area contributed by atoms with Gasteiger partial charge in [-0.1, -0.05) is 47.5 Å². The second-order valence-corrected chi connectivity index (χ2v) is 7.70. The van der Waals surface area contributed by atoms with Crippen LogP contribution in [0, 0.1) is 0 Å². The standard InChI is InChI=1S/C23H15Cl2NO2/c24-15-7-8-16(18(25)12-15)20-10-11-21(28-20)23(27)26-19-9-6-14-5-4-13-2-1-3-17(19)22(13)14/h1-3,6-12H,4-5H2,(H,26,27). The minimum Gasteiger partial charge on any atom is -0.451 e. The Morgan fingerprint density at radius 1 is 0.929 bits per heavy atom. The van der Waals surface area contributed by atoms with Crippen LogP contribution in [0.3, 0.4) is 0 Å². The van der Waals surface area contributed by atoms with Crippen LogP contribution in [0.25, 0.3) is 22.1 Å². The van der Waals surface area contributed by atoms with Gasteiger partial charge in [-0.15, -0.1) is 0 Å². The molecule has 0 atom stereocenters. The summed E-state index contributed by atoms with van der Waals surface area (Å²) in [6, 6.07) is 18.8. The van der Waals surface area contributed by atoms with Gasteiger partial charge in [-0.2, -0.15) is 0 Å². The smallest absolute Gasteiger partial charge is 0.291 e. The van der Waals surface area contributed by atoms with Crippen LogP contribution in [0.4, 0.5) is 5.69 Å². The van der Waals surface area contributed by atoms with Crippen molar-refractivity contribution in [3.05, 3.63) is 87.6 Å². The summed E-state index contributed by atoms with van der Waals surface area (Å²) in [6.07, 6.45) is 2.10. The summed E-state index contributed by atoms with van der Waals surface area (Å²) in [6.45, 7) is 0. The lowest BCUT2D eigenvalue weighted by molar-refractivity contribution is 0.0997. The summed E-state index contributed by atoms with van der Waals surface area (Å²) >= 11 is 12.2. The van der Waals surface area contributed by atoms with Crippen molar-refractivity contribution in [2.45, 2.75) is 12.8 Å². The van der Waals surface area contributed by atoms with Crippen LogP contribution in [0.2, 0.25) is 10.0 Å². The number of hydrogen-bond acceptors (Lipinski definition) is 2. The van der Waals surface area contributed by atoms with Crippen LogP contribution < -0.4 is 5.32 Å². The number of hydrogen-bond donors (Lipinski definition) is 1. The second kappa shape index (κ2) is 6.69. The maximum absolute atomic E-state index is 12.8. The van der Waals surface area contributed by atoms with Gasteiger partial charge in [0.15, 0.2) is 5.76 Å². The first kappa shape index (κ1) is 17.4. The molecule has 138 valence electrons. The van der Waals surface area contributed by atoms with Crippen molar-refractivity contribution in [1.82, 2.24) is 0 Å². The van der Waals surface area contributed by atoms with Crippen LogP contribution in [-0.4, -0.2) is 5.91 Å². The minimum atomic E-state index is -0.296. The Balaban J connectivity index is 1.46. The summed E-state index contributed by atoms with van der Waals surface area (Å²) in [5, 5.41) is 6.33. The van der Waals surface area contributed by atoms with Crippen LogP contribution in [0.15, 0.2) is 65.1 Å². The van der Waals surface area contributed by atoms with Crippen molar-refractivity contribution >= 4 is 45.6 Å². The topological polar surface area (TPSA) is 42.2 Å². The van der Waals surface area contributed by atoms with E-state index >= 15 is 0 Å². The van der Waals surface area contributed by atoms with Gasteiger partial charge in [-0.3, -0.25) is 4.79 Å². The number of halogens is 2. The summed E-state index contributed by atoms with van der Waals surface area (Å²) in [5.41, 5.74) is 4.15. The van der Waals surface area contributed by atoms with Crippen molar-refractivity contribution in [2.75, 3.05) is 5.32 Å². The third-order valence-corrected chi connectivity index (χ3v) is 5.70. The first-order valence-corrected chi connectivity index (χ1v) is 9.76. The maximum Gasteiger partial charge on any atom is 0.291 e. The molecular weight excluding hydrogens is 393 g/mol. The molecule has 3 nitrogen and oxygen atoms in total. The third kappa shape index (κ3) is 2.88. The molecule has 1 N–H and O–H groups in total. The first-order valence-electron chi connectivity index (χ1n) is 9.00. The van der Waals surface area contributed by atoms with Crippen LogP contribution in [0.1, 0.15) is 21.7 Å². The van der Waals surface area contributed by atoms with E-state index in [0.29, 0.717) is 21.4 Å². The minimum absolute atomic E-state index is 0.226. The molecule has 0 spiro atoms. The molecule has 0 saturated carbocycles. The first-order chi connectivity index (χ1) is 13.6. The number of carbonyl (C=O) groups excluding carboxylic acids is 1. The van der Waals surface area contributed by atoms with E-state index < -0.39 is 0 Å². The number of aryl methyl sites for hydroxylation is 2. The predicted molar refractivity (Wildman–Crippen MR) is 113 cm³/mol. The Hall–Kier alpha value is -2.75. The predicted octanol–water partition coefficient (Wildman–Crippen LogP) is 6.76. The van der Waals surface area contributed by atoms with Crippen molar-refractivity contribution in [2.24, 2.45) is 0 Å². The summed E-state index contributed by atoms with van der Waals surface area (Å²) in [7, 11) is 0. The molecule has 0 radical (unpaired) electrons. The van der Waals surface area contributed by atoms with E-state index in [-0.39, 0.29) is 11.7 Å². The molecule has 0 unspecified atom stereocenters. The number of anilines is 1. The van der Waals surface area contributed by atoms with Gasteiger partial charge in [0.25, 0.3) is 5.91 Å². The fourth-order valence-electron chi connectivity index (χ4n) is 3.83. The number of nitrogens with one attached hydrogen (secondary N) is 1. The zero-order valence-corrected chi connectivity index (χ0v) is 16.3. The Labute approximate surface area is 171 Å². The maximum atomic E-state index is 12.8. The lowest BCUT2D eigenvalue weighted by atomic mass is 10.0. The van der Waals surface area contributed by atoms with Crippen LogP contribution >= 0.6 is 23.2 Å². The highest BCUT2D eigenvalue weighted by atomic mass is 35.5. The Bertz CT molecular complexity index is 1230. The summed E-state index contributed by atoms with van der Waals surface area (Å²) < 4.78 is 5.76. The third-order valence-electron chi connectivity index (χ3n) is 5.15. The molecule has 0 fully saturated rings. The lowest BCUT2D eigenvalue weighted by Gasteiger charge is -2.09. The van der Waals surface area contributed by atoms with Crippen LogP contribution in [-0.2, 0) is 12.8 Å². The molecule has 5 rings (SSSR count). The van der Waals surface area contributed by atoms with Crippen molar-refractivity contribution in [1.29, 1.82) is 0 Å². The quantitative estimate of drug-likeness (QED) is 0.407. The van der Waals surface area contributed by atoms with Crippen LogP contribution in [0.5, 0.6) is 0 Å². The summed E-state index contributed by atoms with van der Waals surface area (Å²) in [4.78, 5) is 12.8. The molecule has 4 aromatic rings. The SMILES string of the molecule is O=C(Nc1ccc2c3c(cccc13)CC2)c1ccc(-c2ccc(Cl)cc2Cl)o1. The van der Waals surface area contributed by atoms with Crippen molar-refractivity contribution < 1.29 is 9.21 Å². The van der Waals surface area contributed by atoms with Gasteiger partial charge in [0.1, 0.15) is 5.76 Å². The lowest BCUT2D eigenvalue weighted by Crippen LogP contribution is -2.11. The van der Waals surface area contributed by atoms with Gasteiger partial charge < -0.3 is 9.73 Å². The van der Waals surface area contributed by atoms with E-state index in [2.05, 4.69) is 17.4 Å². The molecule has 1 aromatic heterocycles. The van der Waals surface area contributed by atoms with E-state index in [1.807, 2.05) is 18.2 Å². The second-order valence-electron chi connectivity index (χ2n) is 6.85. The molecular formula is C23H15Cl2NO2. The molecule has 5 heteroatoms. The van der Waals surface area contributed by atoms with Crippen molar-refractivity contribution in [3.8, 4) is 11.3 Å². The number of furan rings is 1. The molecule has 3 aromatic carbocycles. The Kier molecular flexibility index (Phi) is 4.15. The zero-order valence-electron chi connectivity index (χ0n) is 14.8. The molecule has 0 aliphatic heterocycles. The fraction of sp³-hybridized carbons (Fsp3) is 0.0870. The Morgan fingerprint density at radius 3 is 2.57 bits per heavy atom.